The molecule has 1 aromatic heterocycles. The molecular formula is C13H19NO2S. The molecule has 2 heterocycles. The van der Waals surface area contributed by atoms with Gasteiger partial charge in [0, 0.05) is 29.3 Å². The maximum Gasteiger partial charge on any atom is 0.222 e. The van der Waals surface area contributed by atoms with Crippen LogP contribution >= 0.6 is 11.3 Å². The van der Waals surface area contributed by atoms with Crippen LogP contribution < -0.4 is 0 Å². The van der Waals surface area contributed by atoms with Crippen LogP contribution in [0.2, 0.25) is 0 Å². The number of hydrogen-bond donors (Lipinski definition) is 1. The molecule has 0 aliphatic carbocycles. The van der Waals surface area contributed by atoms with Gasteiger partial charge in [-0.15, -0.1) is 11.3 Å². The molecule has 1 atom stereocenters. The predicted octanol–water partition coefficient (Wildman–Crippen LogP) is 1.97. The monoisotopic (exact) mass is 253 g/mol. The number of likely N-dealkylation sites (tertiary alicyclic amines) is 1. The topological polar surface area (TPSA) is 40.5 Å². The Morgan fingerprint density at radius 2 is 2.41 bits per heavy atom. The van der Waals surface area contributed by atoms with Crippen LogP contribution in [0.25, 0.3) is 0 Å². The van der Waals surface area contributed by atoms with E-state index in [0.717, 1.165) is 25.8 Å². The first-order chi connectivity index (χ1) is 8.15. The summed E-state index contributed by atoms with van der Waals surface area (Å²) < 4.78 is 0. The number of β-amino-alcohol motifs (C(OH)–C–C–N with tert-alkyl or cyclic N) is 1. The van der Waals surface area contributed by atoms with Gasteiger partial charge in [0.1, 0.15) is 0 Å². The Balaban J connectivity index is 1.70. The van der Waals surface area contributed by atoms with Crippen molar-refractivity contribution in [2.45, 2.75) is 38.7 Å². The molecule has 0 bridgehead atoms. The minimum atomic E-state index is -0.307. The van der Waals surface area contributed by atoms with Crippen LogP contribution in [0.3, 0.4) is 0 Å². The first-order valence-electron chi connectivity index (χ1n) is 6.16. The minimum absolute atomic E-state index is 0.190. The van der Waals surface area contributed by atoms with Gasteiger partial charge in [0.15, 0.2) is 0 Å². The number of amides is 1. The van der Waals surface area contributed by atoms with E-state index in [2.05, 4.69) is 19.1 Å². The zero-order valence-electron chi connectivity index (χ0n) is 10.2. The highest BCUT2D eigenvalue weighted by Gasteiger charge is 2.23. The average Bonchev–Trinajstić information content (AvgIpc) is 2.88. The number of rotatable bonds is 4. The molecule has 17 heavy (non-hydrogen) atoms. The fraction of sp³-hybridized carbons (Fsp3) is 0.615. The number of carbonyl (C=O) groups excluding carboxylic acids is 1. The molecule has 1 aromatic rings. The summed E-state index contributed by atoms with van der Waals surface area (Å²) in [6.07, 6.45) is 2.92. The second-order valence-electron chi connectivity index (χ2n) is 4.65. The summed E-state index contributed by atoms with van der Waals surface area (Å²) in [4.78, 5) is 16.3. The van der Waals surface area contributed by atoms with Crippen molar-refractivity contribution in [1.82, 2.24) is 4.90 Å². The lowest BCUT2D eigenvalue weighted by molar-refractivity contribution is -0.130. The maximum absolute atomic E-state index is 11.8. The van der Waals surface area contributed by atoms with E-state index in [1.165, 1.54) is 9.75 Å². The van der Waals surface area contributed by atoms with Crippen molar-refractivity contribution < 1.29 is 9.90 Å². The second-order valence-corrected chi connectivity index (χ2v) is 6.02. The highest BCUT2D eigenvalue weighted by molar-refractivity contribution is 7.11. The molecule has 1 amide bonds. The van der Waals surface area contributed by atoms with Crippen LogP contribution in [-0.4, -0.2) is 35.1 Å². The molecule has 0 radical (unpaired) electrons. The number of aliphatic hydroxyl groups is 1. The van der Waals surface area contributed by atoms with Gasteiger partial charge in [0.05, 0.1) is 6.10 Å². The largest absolute Gasteiger partial charge is 0.391 e. The Morgan fingerprint density at radius 3 is 3.00 bits per heavy atom. The zero-order valence-corrected chi connectivity index (χ0v) is 11.0. The number of carbonyl (C=O) groups is 1. The molecule has 4 heteroatoms. The fourth-order valence-corrected chi connectivity index (χ4v) is 3.09. The van der Waals surface area contributed by atoms with Crippen LogP contribution in [0.4, 0.5) is 0 Å². The highest BCUT2D eigenvalue weighted by Crippen LogP contribution is 2.18. The lowest BCUT2D eigenvalue weighted by Crippen LogP contribution is -2.29. The molecule has 1 saturated heterocycles. The summed E-state index contributed by atoms with van der Waals surface area (Å²) in [5, 5.41) is 9.36. The van der Waals surface area contributed by atoms with Crippen molar-refractivity contribution in [3.8, 4) is 0 Å². The molecule has 0 unspecified atom stereocenters. The smallest absolute Gasteiger partial charge is 0.222 e. The van der Waals surface area contributed by atoms with E-state index in [1.54, 1.807) is 4.90 Å². The van der Waals surface area contributed by atoms with Gasteiger partial charge in [0.2, 0.25) is 5.91 Å². The van der Waals surface area contributed by atoms with Crippen molar-refractivity contribution in [1.29, 1.82) is 0 Å². The van der Waals surface area contributed by atoms with E-state index in [1.807, 2.05) is 11.3 Å². The van der Waals surface area contributed by atoms with Crippen molar-refractivity contribution in [2.24, 2.45) is 0 Å². The molecule has 3 nitrogen and oxygen atoms in total. The standard InChI is InChI=1S/C13H19NO2S/c1-10-5-6-12(17-10)3-2-4-13(16)14-8-7-11(15)9-14/h5-6,11,15H,2-4,7-9H2,1H3/t11-/m1/s1. The fourth-order valence-electron chi connectivity index (χ4n) is 2.16. The minimum Gasteiger partial charge on any atom is -0.391 e. The first kappa shape index (κ1) is 12.6. The maximum atomic E-state index is 11.8. The van der Waals surface area contributed by atoms with Gasteiger partial charge in [-0.25, -0.2) is 0 Å². The van der Waals surface area contributed by atoms with Crippen molar-refractivity contribution >= 4 is 17.2 Å². The van der Waals surface area contributed by atoms with Gasteiger partial charge < -0.3 is 10.0 Å². The van der Waals surface area contributed by atoms with E-state index in [4.69, 9.17) is 0 Å². The molecule has 0 spiro atoms. The summed E-state index contributed by atoms with van der Waals surface area (Å²) >= 11 is 1.81. The normalized spacial score (nSPS) is 19.9. The van der Waals surface area contributed by atoms with Crippen molar-refractivity contribution in [3.05, 3.63) is 21.9 Å². The summed E-state index contributed by atoms with van der Waals surface area (Å²) in [6, 6.07) is 4.27. The highest BCUT2D eigenvalue weighted by atomic mass is 32.1. The van der Waals surface area contributed by atoms with E-state index in [-0.39, 0.29) is 12.0 Å². The van der Waals surface area contributed by atoms with Crippen LogP contribution in [0.15, 0.2) is 12.1 Å². The summed E-state index contributed by atoms with van der Waals surface area (Å²) in [7, 11) is 0. The summed E-state index contributed by atoms with van der Waals surface area (Å²) in [5.41, 5.74) is 0. The molecule has 94 valence electrons. The van der Waals surface area contributed by atoms with Crippen LogP contribution in [0.1, 0.15) is 29.0 Å². The molecule has 1 N–H and O–H groups in total. The number of thiophene rings is 1. The third-order valence-corrected chi connectivity index (χ3v) is 4.19. The Morgan fingerprint density at radius 1 is 1.59 bits per heavy atom. The quantitative estimate of drug-likeness (QED) is 0.891. The van der Waals surface area contributed by atoms with Gasteiger partial charge >= 0.3 is 0 Å². The van der Waals surface area contributed by atoms with Crippen LogP contribution in [0.5, 0.6) is 0 Å². The molecular weight excluding hydrogens is 234 g/mol. The average molecular weight is 253 g/mol. The van der Waals surface area contributed by atoms with Crippen molar-refractivity contribution in [2.75, 3.05) is 13.1 Å². The number of nitrogens with zero attached hydrogens (tertiary/aromatic N) is 1. The second kappa shape index (κ2) is 5.65. The summed E-state index contributed by atoms with van der Waals surface area (Å²) in [6.45, 7) is 3.35. The van der Waals surface area contributed by atoms with Gasteiger partial charge in [-0.2, -0.15) is 0 Å². The lowest BCUT2D eigenvalue weighted by atomic mass is 10.2. The predicted molar refractivity (Wildman–Crippen MR) is 69.2 cm³/mol. The molecule has 1 aliphatic rings. The number of aryl methyl sites for hydroxylation is 2. The van der Waals surface area contributed by atoms with Gasteiger partial charge in [-0.1, -0.05) is 0 Å². The molecule has 0 saturated carbocycles. The Bertz CT molecular complexity index is 389. The van der Waals surface area contributed by atoms with Crippen molar-refractivity contribution in [3.63, 3.8) is 0 Å². The first-order valence-corrected chi connectivity index (χ1v) is 6.98. The van der Waals surface area contributed by atoms with Crippen LogP contribution in [0, 0.1) is 6.92 Å². The Labute approximate surface area is 106 Å². The summed E-state index contributed by atoms with van der Waals surface area (Å²) in [5.74, 6) is 0.190. The Kier molecular flexibility index (Phi) is 4.18. The molecule has 1 aliphatic heterocycles. The molecule has 0 aromatic carbocycles. The van der Waals surface area contributed by atoms with Gasteiger partial charge in [-0.05, 0) is 38.3 Å². The number of aliphatic hydroxyl groups excluding tert-OH is 1. The lowest BCUT2D eigenvalue weighted by Gasteiger charge is -2.14. The van der Waals surface area contributed by atoms with E-state index in [9.17, 15) is 9.90 Å². The number of hydrogen-bond acceptors (Lipinski definition) is 3. The third kappa shape index (κ3) is 3.54. The zero-order chi connectivity index (χ0) is 12.3. The third-order valence-electron chi connectivity index (χ3n) is 3.13. The molecule has 2 rings (SSSR count). The van der Waals surface area contributed by atoms with E-state index in [0.29, 0.717) is 13.0 Å². The van der Waals surface area contributed by atoms with E-state index >= 15 is 0 Å². The molecule has 1 fully saturated rings. The van der Waals surface area contributed by atoms with Gasteiger partial charge in [-0.3, -0.25) is 4.79 Å². The van der Waals surface area contributed by atoms with Crippen LogP contribution in [-0.2, 0) is 11.2 Å². The van der Waals surface area contributed by atoms with Gasteiger partial charge in [0.25, 0.3) is 0 Å². The Hall–Kier alpha value is -0.870. The SMILES string of the molecule is Cc1ccc(CCCC(=O)N2CC[C@@H](O)C2)s1. The van der Waals surface area contributed by atoms with E-state index < -0.39 is 0 Å².